The Balaban J connectivity index is 1.65. The second kappa shape index (κ2) is 9.71. The number of nitrogens with zero attached hydrogens (tertiary/aromatic N) is 1. The number of rotatable bonds is 5. The van der Waals surface area contributed by atoms with E-state index in [0.29, 0.717) is 0 Å². The molecule has 1 atom stereocenters. The summed E-state index contributed by atoms with van der Waals surface area (Å²) in [6.45, 7) is 4.36. The number of benzene rings is 2. The van der Waals surface area contributed by atoms with Gasteiger partial charge in [0, 0.05) is 52.2 Å². The third-order valence-corrected chi connectivity index (χ3v) is 7.16. The minimum absolute atomic E-state index is 0.182. The average molecular weight is 437 g/mol. The highest BCUT2D eigenvalue weighted by molar-refractivity contribution is 7.99. The lowest BCUT2D eigenvalue weighted by Crippen LogP contribution is -2.32. The van der Waals surface area contributed by atoms with Gasteiger partial charge in [0.2, 0.25) is 0 Å². The molecule has 0 aliphatic carbocycles. The predicted octanol–water partition coefficient (Wildman–Crippen LogP) is 5.85. The van der Waals surface area contributed by atoms with E-state index in [9.17, 15) is 0 Å². The maximum Gasteiger partial charge on any atom is 0.130 e. The Labute approximate surface area is 188 Å². The van der Waals surface area contributed by atoms with Crippen molar-refractivity contribution in [1.82, 2.24) is 0 Å². The van der Waals surface area contributed by atoms with Crippen LogP contribution >= 0.6 is 23.5 Å². The monoisotopic (exact) mass is 436 g/mol. The van der Waals surface area contributed by atoms with E-state index in [0.717, 1.165) is 41.3 Å². The molecule has 1 saturated heterocycles. The van der Waals surface area contributed by atoms with Crippen molar-refractivity contribution in [3.8, 4) is 0 Å². The molecule has 3 nitrogen and oxygen atoms in total. The Morgan fingerprint density at radius 1 is 1.17 bits per heavy atom. The van der Waals surface area contributed by atoms with Crippen molar-refractivity contribution in [2.45, 2.75) is 11.8 Å². The molecule has 2 aromatic carbocycles. The van der Waals surface area contributed by atoms with Crippen molar-refractivity contribution in [2.75, 3.05) is 35.8 Å². The molecular formula is C25H28N2OS2. The third-order valence-electron chi connectivity index (χ3n) is 5.47. The Bertz CT molecular complexity index is 973. The number of hydrogen-bond acceptors (Lipinski definition) is 5. The van der Waals surface area contributed by atoms with Gasteiger partial charge in [0.05, 0.1) is 0 Å². The molecule has 1 fully saturated rings. The molecule has 0 saturated carbocycles. The zero-order valence-corrected chi connectivity index (χ0v) is 19.1. The van der Waals surface area contributed by atoms with E-state index in [1.54, 1.807) is 18.0 Å². The van der Waals surface area contributed by atoms with Gasteiger partial charge in [-0.2, -0.15) is 11.8 Å². The fourth-order valence-electron chi connectivity index (χ4n) is 3.87. The first-order chi connectivity index (χ1) is 14.7. The Hall–Kier alpha value is -2.24. The van der Waals surface area contributed by atoms with Gasteiger partial charge in [0.25, 0.3) is 0 Å². The minimum Gasteiger partial charge on any atom is -0.460 e. The Morgan fingerprint density at radius 3 is 2.63 bits per heavy atom. The van der Waals surface area contributed by atoms with Crippen molar-refractivity contribution in [1.29, 1.82) is 0 Å². The van der Waals surface area contributed by atoms with Crippen LogP contribution < -0.4 is 10.6 Å². The average Bonchev–Trinajstić information content (AvgIpc) is 3.19. The molecule has 0 aromatic heterocycles. The van der Waals surface area contributed by atoms with Crippen LogP contribution in [0.25, 0.3) is 11.3 Å². The van der Waals surface area contributed by atoms with Crippen LogP contribution in [-0.2, 0) is 4.74 Å². The summed E-state index contributed by atoms with van der Waals surface area (Å²) in [5.41, 5.74) is 10.4. The van der Waals surface area contributed by atoms with Gasteiger partial charge in [-0.1, -0.05) is 31.2 Å². The first-order valence-corrected chi connectivity index (χ1v) is 12.7. The number of hydrogen-bond donors (Lipinski definition) is 1. The normalized spacial score (nSPS) is 20.9. The third kappa shape index (κ3) is 4.57. The van der Waals surface area contributed by atoms with E-state index in [-0.39, 0.29) is 5.92 Å². The van der Waals surface area contributed by atoms with Gasteiger partial charge in [-0.05, 0) is 54.4 Å². The van der Waals surface area contributed by atoms with Crippen molar-refractivity contribution < 1.29 is 4.74 Å². The molecule has 156 valence electrons. The van der Waals surface area contributed by atoms with Crippen LogP contribution in [0, 0.1) is 5.92 Å². The summed E-state index contributed by atoms with van der Waals surface area (Å²) in [5, 5.41) is 0. The standard InChI is InChI=1S/C25H28N2OS2/c1-18-16-24(19-6-8-22(29-2)9-7-19)28-25(18)23(10-11-26)20-4-3-5-21(17-20)27-12-14-30-15-13-27/h3-11,16-18H,12-15,26H2,1-2H3/b11-10-,25-23-. The van der Waals surface area contributed by atoms with E-state index in [4.69, 9.17) is 10.5 Å². The van der Waals surface area contributed by atoms with Crippen LogP contribution in [0.15, 0.2) is 77.5 Å². The van der Waals surface area contributed by atoms with Crippen LogP contribution in [0.1, 0.15) is 18.1 Å². The summed E-state index contributed by atoms with van der Waals surface area (Å²) in [6.07, 6.45) is 7.85. The van der Waals surface area contributed by atoms with Crippen LogP contribution in [-0.4, -0.2) is 30.9 Å². The van der Waals surface area contributed by atoms with Crippen molar-refractivity contribution in [2.24, 2.45) is 11.7 Å². The van der Waals surface area contributed by atoms with E-state index in [1.165, 1.54) is 22.1 Å². The summed E-state index contributed by atoms with van der Waals surface area (Å²) < 4.78 is 6.40. The van der Waals surface area contributed by atoms with Crippen LogP contribution in [0.3, 0.4) is 0 Å². The van der Waals surface area contributed by atoms with Gasteiger partial charge >= 0.3 is 0 Å². The molecule has 2 N–H and O–H groups in total. The van der Waals surface area contributed by atoms with E-state index in [2.05, 4.69) is 72.7 Å². The van der Waals surface area contributed by atoms with Gasteiger partial charge in [0.1, 0.15) is 11.5 Å². The molecule has 0 spiro atoms. The lowest BCUT2D eigenvalue weighted by Gasteiger charge is -2.29. The molecule has 0 amide bonds. The molecule has 1 unspecified atom stereocenters. The van der Waals surface area contributed by atoms with Gasteiger partial charge < -0.3 is 15.4 Å². The first kappa shape index (κ1) is 21.0. The molecule has 2 aromatic rings. The van der Waals surface area contributed by atoms with Gasteiger partial charge in [-0.15, -0.1) is 11.8 Å². The second-order valence-corrected chi connectivity index (χ2v) is 9.54. The lowest BCUT2D eigenvalue weighted by molar-refractivity contribution is 0.376. The quantitative estimate of drug-likeness (QED) is 0.595. The summed E-state index contributed by atoms with van der Waals surface area (Å²) in [7, 11) is 0. The second-order valence-electron chi connectivity index (χ2n) is 7.44. The predicted molar refractivity (Wildman–Crippen MR) is 133 cm³/mol. The molecule has 0 radical (unpaired) electrons. The van der Waals surface area contributed by atoms with Crippen LogP contribution in [0.4, 0.5) is 5.69 Å². The highest BCUT2D eigenvalue weighted by Crippen LogP contribution is 2.39. The van der Waals surface area contributed by atoms with Crippen molar-refractivity contribution in [3.63, 3.8) is 0 Å². The number of allylic oxidation sites excluding steroid dienone is 3. The fourth-order valence-corrected chi connectivity index (χ4v) is 5.18. The fraction of sp³-hybridized carbons (Fsp3) is 0.280. The maximum atomic E-state index is 6.40. The molecular weight excluding hydrogens is 408 g/mol. The molecule has 0 bridgehead atoms. The van der Waals surface area contributed by atoms with Crippen molar-refractivity contribution in [3.05, 3.63) is 83.8 Å². The first-order valence-electron chi connectivity index (χ1n) is 10.3. The summed E-state index contributed by atoms with van der Waals surface area (Å²) >= 11 is 3.77. The highest BCUT2D eigenvalue weighted by Gasteiger charge is 2.24. The van der Waals surface area contributed by atoms with Crippen LogP contribution in [0.5, 0.6) is 0 Å². The molecule has 2 heterocycles. The molecule has 5 heteroatoms. The van der Waals surface area contributed by atoms with E-state index in [1.807, 2.05) is 17.8 Å². The lowest BCUT2D eigenvalue weighted by atomic mass is 9.98. The minimum atomic E-state index is 0.182. The van der Waals surface area contributed by atoms with Crippen molar-refractivity contribution >= 4 is 40.5 Å². The van der Waals surface area contributed by atoms with Gasteiger partial charge in [0.15, 0.2) is 0 Å². The SMILES string of the molecule is CSc1ccc(C2=CC(C)/C(=C(\C=C/N)c3cccc(N4CCSCC4)c3)O2)cc1. The largest absolute Gasteiger partial charge is 0.460 e. The highest BCUT2D eigenvalue weighted by atomic mass is 32.2. The molecule has 2 aliphatic rings. The number of anilines is 1. The van der Waals surface area contributed by atoms with Gasteiger partial charge in [-0.25, -0.2) is 0 Å². The zero-order valence-electron chi connectivity index (χ0n) is 17.5. The summed E-state index contributed by atoms with van der Waals surface area (Å²) in [5.74, 6) is 4.42. The smallest absolute Gasteiger partial charge is 0.130 e. The Kier molecular flexibility index (Phi) is 6.80. The summed E-state index contributed by atoms with van der Waals surface area (Å²) in [6, 6.07) is 17.3. The number of thioether (sulfide) groups is 2. The van der Waals surface area contributed by atoms with E-state index >= 15 is 0 Å². The zero-order chi connectivity index (χ0) is 20.9. The molecule has 30 heavy (non-hydrogen) atoms. The van der Waals surface area contributed by atoms with E-state index < -0.39 is 0 Å². The van der Waals surface area contributed by atoms with Gasteiger partial charge in [-0.3, -0.25) is 0 Å². The van der Waals surface area contributed by atoms with Crippen LogP contribution in [0.2, 0.25) is 0 Å². The number of nitrogens with two attached hydrogens (primary N) is 1. The summed E-state index contributed by atoms with van der Waals surface area (Å²) in [4.78, 5) is 3.71. The molecule has 2 aliphatic heterocycles. The number of ether oxygens (including phenoxy) is 1. The Morgan fingerprint density at radius 2 is 1.93 bits per heavy atom. The topological polar surface area (TPSA) is 38.5 Å². The maximum absolute atomic E-state index is 6.40. The molecule has 4 rings (SSSR count).